The molecule has 2 unspecified atom stereocenters. The maximum atomic E-state index is 13.1. The first kappa shape index (κ1) is 17.7. The molecule has 2 aliphatic rings. The second-order valence-electron chi connectivity index (χ2n) is 7.29. The molecule has 5 heteroatoms. The summed E-state index contributed by atoms with van der Waals surface area (Å²) in [6, 6.07) is 20.6. The average Bonchev–Trinajstić information content (AvgIpc) is 3.24. The molecule has 4 rings (SSSR count). The Bertz CT molecular complexity index is 824. The summed E-state index contributed by atoms with van der Waals surface area (Å²) < 4.78 is 28.0. The minimum absolute atomic E-state index is 0.134. The largest absolute Gasteiger partial charge is 0.279 e. The third-order valence-corrected chi connectivity index (χ3v) is 7.43. The number of nitrogens with zero attached hydrogens (tertiary/aromatic N) is 2. The molecule has 2 aromatic carbocycles. The number of hydrogen-bond acceptors (Lipinski definition) is 3. The van der Waals surface area contributed by atoms with Crippen molar-refractivity contribution in [3.8, 4) is 0 Å². The summed E-state index contributed by atoms with van der Waals surface area (Å²) in [4.78, 5) is 2.38. The van der Waals surface area contributed by atoms with Gasteiger partial charge < -0.3 is 0 Å². The lowest BCUT2D eigenvalue weighted by atomic mass is 10.1. The van der Waals surface area contributed by atoms with Gasteiger partial charge >= 0.3 is 0 Å². The molecule has 2 atom stereocenters. The lowest BCUT2D eigenvalue weighted by molar-refractivity contribution is 0.198. The molecular formula is C21H26N2O2S. The summed E-state index contributed by atoms with van der Waals surface area (Å²) in [6.45, 7) is 1.62. The molecule has 2 fully saturated rings. The lowest BCUT2D eigenvalue weighted by Crippen LogP contribution is -2.36. The first-order chi connectivity index (χ1) is 12.6. The molecule has 0 aromatic heterocycles. The fourth-order valence-corrected chi connectivity index (χ4v) is 6.01. The van der Waals surface area contributed by atoms with Crippen molar-refractivity contribution < 1.29 is 8.42 Å². The van der Waals surface area contributed by atoms with Crippen LogP contribution in [0, 0.1) is 0 Å². The maximum absolute atomic E-state index is 13.1. The van der Waals surface area contributed by atoms with Gasteiger partial charge in [0.15, 0.2) is 0 Å². The highest BCUT2D eigenvalue weighted by Crippen LogP contribution is 2.40. The Balaban J connectivity index is 1.50. The molecular weight excluding hydrogens is 344 g/mol. The third kappa shape index (κ3) is 3.56. The summed E-state index contributed by atoms with van der Waals surface area (Å²) in [5.41, 5.74) is 2.29. The van der Waals surface area contributed by atoms with E-state index in [-0.39, 0.29) is 11.9 Å². The van der Waals surface area contributed by atoms with E-state index < -0.39 is 10.0 Å². The fraction of sp³-hybridized carbons (Fsp3) is 0.429. The van der Waals surface area contributed by atoms with E-state index in [1.807, 2.05) is 36.4 Å². The van der Waals surface area contributed by atoms with Gasteiger partial charge in [-0.1, -0.05) is 60.7 Å². The summed E-state index contributed by atoms with van der Waals surface area (Å²) >= 11 is 0. The fourth-order valence-electron chi connectivity index (χ4n) is 4.32. The van der Waals surface area contributed by atoms with Gasteiger partial charge in [-0.15, -0.1) is 0 Å². The molecule has 0 bridgehead atoms. The molecule has 2 heterocycles. The highest BCUT2D eigenvalue weighted by atomic mass is 32.2. The van der Waals surface area contributed by atoms with Crippen LogP contribution in [0.15, 0.2) is 60.7 Å². The zero-order valence-electron chi connectivity index (χ0n) is 15.0. The normalized spacial score (nSPS) is 24.0. The van der Waals surface area contributed by atoms with Crippen LogP contribution in [0.4, 0.5) is 0 Å². The lowest BCUT2D eigenvalue weighted by Gasteiger charge is -2.29. The van der Waals surface area contributed by atoms with Gasteiger partial charge in [0.05, 0.1) is 5.75 Å². The molecule has 138 valence electrons. The molecule has 2 aromatic rings. The molecule has 0 saturated carbocycles. The highest BCUT2D eigenvalue weighted by Gasteiger charge is 2.47. The van der Waals surface area contributed by atoms with E-state index in [9.17, 15) is 8.42 Å². The van der Waals surface area contributed by atoms with Crippen molar-refractivity contribution >= 4 is 10.0 Å². The van der Waals surface area contributed by atoms with Gasteiger partial charge in [0.25, 0.3) is 0 Å². The first-order valence-corrected chi connectivity index (χ1v) is 11.1. The van der Waals surface area contributed by atoms with Crippen LogP contribution in [0.1, 0.15) is 36.6 Å². The van der Waals surface area contributed by atoms with Crippen LogP contribution in [0.25, 0.3) is 0 Å². The van der Waals surface area contributed by atoms with Crippen LogP contribution < -0.4 is 0 Å². The number of benzene rings is 2. The Labute approximate surface area is 156 Å². The molecule has 0 aliphatic carbocycles. The third-order valence-electron chi connectivity index (χ3n) is 5.57. The van der Waals surface area contributed by atoms with E-state index in [0.717, 1.165) is 31.4 Å². The van der Waals surface area contributed by atoms with Gasteiger partial charge in [-0.2, -0.15) is 4.31 Å². The van der Waals surface area contributed by atoms with Crippen molar-refractivity contribution in [1.29, 1.82) is 0 Å². The predicted molar refractivity (Wildman–Crippen MR) is 104 cm³/mol. The summed E-state index contributed by atoms with van der Waals surface area (Å²) in [5, 5.41) is 0. The van der Waals surface area contributed by atoms with Crippen molar-refractivity contribution in [3.63, 3.8) is 0 Å². The van der Waals surface area contributed by atoms with E-state index in [1.165, 1.54) is 5.56 Å². The highest BCUT2D eigenvalue weighted by molar-refractivity contribution is 7.89. The van der Waals surface area contributed by atoms with Crippen molar-refractivity contribution in [2.45, 2.75) is 37.9 Å². The van der Waals surface area contributed by atoms with Gasteiger partial charge in [-0.3, -0.25) is 4.90 Å². The van der Waals surface area contributed by atoms with Crippen LogP contribution in [0.3, 0.4) is 0 Å². The number of hydrogen-bond donors (Lipinski definition) is 0. The smallest absolute Gasteiger partial charge is 0.215 e. The minimum Gasteiger partial charge on any atom is -0.279 e. The number of aryl methyl sites for hydroxylation is 1. The maximum Gasteiger partial charge on any atom is 0.215 e. The summed E-state index contributed by atoms with van der Waals surface area (Å²) in [7, 11) is -3.28. The van der Waals surface area contributed by atoms with Crippen molar-refractivity contribution in [2.75, 3.05) is 18.8 Å². The molecule has 2 saturated heterocycles. The van der Waals surface area contributed by atoms with E-state index >= 15 is 0 Å². The standard InChI is InChI=1S/C21H26N2O2S/c24-26(25,16-8-11-18-9-3-1-4-10-18)23-17-20-14-7-15-22(20)21(23)19-12-5-2-6-13-19/h1-6,9-10,12-13,20-21H,7-8,11,14-17H2. The Hall–Kier alpha value is -1.69. The van der Waals surface area contributed by atoms with Gasteiger partial charge in [0, 0.05) is 19.1 Å². The second kappa shape index (κ2) is 7.51. The summed E-state index contributed by atoms with van der Waals surface area (Å²) in [5.74, 6) is 0.214. The molecule has 26 heavy (non-hydrogen) atoms. The number of fused-ring (bicyclic) bond motifs is 1. The second-order valence-corrected chi connectivity index (χ2v) is 9.33. The SMILES string of the molecule is O=S(=O)(CCCc1ccccc1)N1CC2CCCN2C1c1ccccc1. The Kier molecular flexibility index (Phi) is 5.11. The zero-order chi connectivity index (χ0) is 18.0. The van der Waals surface area contributed by atoms with E-state index in [0.29, 0.717) is 19.0 Å². The Morgan fingerprint density at radius 3 is 2.38 bits per heavy atom. The van der Waals surface area contributed by atoms with Crippen LogP contribution in [0.5, 0.6) is 0 Å². The molecule has 0 spiro atoms. The molecule has 0 radical (unpaired) electrons. The quantitative estimate of drug-likeness (QED) is 0.782. The van der Waals surface area contributed by atoms with Crippen LogP contribution >= 0.6 is 0 Å². The molecule has 0 N–H and O–H groups in total. The van der Waals surface area contributed by atoms with Crippen molar-refractivity contribution in [3.05, 3.63) is 71.8 Å². The van der Waals surface area contributed by atoms with Crippen LogP contribution in [-0.4, -0.2) is 42.5 Å². The van der Waals surface area contributed by atoms with E-state index in [1.54, 1.807) is 4.31 Å². The first-order valence-electron chi connectivity index (χ1n) is 9.49. The van der Waals surface area contributed by atoms with Gasteiger partial charge in [0.1, 0.15) is 6.17 Å². The molecule has 0 amide bonds. The molecule has 2 aliphatic heterocycles. The van der Waals surface area contributed by atoms with Crippen LogP contribution in [0.2, 0.25) is 0 Å². The summed E-state index contributed by atoms with van der Waals surface area (Å²) in [6.07, 6.45) is 3.59. The van der Waals surface area contributed by atoms with E-state index in [2.05, 4.69) is 29.2 Å². The predicted octanol–water partition coefficient (Wildman–Crippen LogP) is 3.43. The Morgan fingerprint density at radius 1 is 0.962 bits per heavy atom. The van der Waals surface area contributed by atoms with E-state index in [4.69, 9.17) is 0 Å². The topological polar surface area (TPSA) is 40.6 Å². The number of rotatable bonds is 6. The monoisotopic (exact) mass is 370 g/mol. The zero-order valence-corrected chi connectivity index (χ0v) is 15.8. The average molecular weight is 371 g/mol. The molecule has 4 nitrogen and oxygen atoms in total. The minimum atomic E-state index is -3.28. The van der Waals surface area contributed by atoms with Crippen molar-refractivity contribution in [1.82, 2.24) is 9.21 Å². The van der Waals surface area contributed by atoms with Gasteiger partial charge in [-0.25, -0.2) is 8.42 Å². The Morgan fingerprint density at radius 2 is 1.65 bits per heavy atom. The number of sulfonamides is 1. The van der Waals surface area contributed by atoms with Crippen LogP contribution in [-0.2, 0) is 16.4 Å². The van der Waals surface area contributed by atoms with Gasteiger partial charge in [0.2, 0.25) is 10.0 Å². The van der Waals surface area contributed by atoms with Gasteiger partial charge in [-0.05, 0) is 36.8 Å². The van der Waals surface area contributed by atoms with Crippen molar-refractivity contribution in [2.24, 2.45) is 0 Å².